The van der Waals surface area contributed by atoms with Gasteiger partial charge in [-0.2, -0.15) is 0 Å². The van der Waals surface area contributed by atoms with E-state index in [-0.39, 0.29) is 0 Å². The van der Waals surface area contributed by atoms with Crippen LogP contribution in [-0.4, -0.2) is 9.12 Å². The highest BCUT2D eigenvalue weighted by molar-refractivity contribution is 14.3. The van der Waals surface area contributed by atoms with Gasteiger partial charge >= 0.3 is 0 Å². The van der Waals surface area contributed by atoms with Gasteiger partial charge in [0.1, 0.15) is 6.53 Å². The van der Waals surface area contributed by atoms with Crippen LogP contribution in [0.1, 0.15) is 0 Å². The maximum Gasteiger partial charge on any atom is 0.186 e. The summed E-state index contributed by atoms with van der Waals surface area (Å²) >= 11 is 7.61. The van der Waals surface area contributed by atoms with E-state index < -0.39 is 2.58 Å². The Hall–Kier alpha value is 2.62. The summed E-state index contributed by atoms with van der Waals surface area (Å²) in [6.45, 7) is 3.51. The highest BCUT2D eigenvalue weighted by Crippen LogP contribution is 2.20. The fourth-order valence-corrected chi connectivity index (χ4v) is 0. The van der Waals surface area contributed by atoms with Gasteiger partial charge in [0.15, 0.2) is 2.58 Å². The monoisotopic (exact) mass is 452 g/mol. The molecule has 0 spiro atoms. The molecule has 0 atom stereocenters. The van der Waals surface area contributed by atoms with Crippen molar-refractivity contribution in [2.75, 3.05) is 0 Å². The van der Waals surface area contributed by atoms with Gasteiger partial charge in [-0.1, -0.05) is 6.55 Å². The molecule has 0 N–H and O–H groups in total. The zero-order chi connectivity index (χ0) is 5.21. The molecule has 0 aliphatic rings. The molecule has 0 bridgehead atoms. The molecule has 0 amide bonds. The fraction of sp³-hybridized carbons (Fsp3) is 1.00. The molecule has 0 rings (SSSR count). The first-order chi connectivity index (χ1) is 2.56. The lowest BCUT2D eigenvalue weighted by molar-refractivity contribution is 2.35. The van der Waals surface area contributed by atoms with Gasteiger partial charge < -0.3 is 0 Å². The molecule has 2 radical (unpaired) electrons. The normalized spacial score (nSPS) is 12.0. The van der Waals surface area contributed by atoms with Crippen molar-refractivity contribution < 1.29 is 0 Å². The van der Waals surface area contributed by atoms with Gasteiger partial charge in [-0.25, -0.2) is 0 Å². The minimum absolute atomic E-state index is 0.677. The molecule has 0 unspecified atom stereocenters. The van der Waals surface area contributed by atoms with E-state index in [9.17, 15) is 0 Å². The van der Waals surface area contributed by atoms with Crippen molar-refractivity contribution in [3.63, 3.8) is 0 Å². The molecule has 0 heterocycles. The molecule has 0 aromatic rings. The second kappa shape index (κ2) is 3.61. The van der Waals surface area contributed by atoms with Crippen LogP contribution < -0.4 is 0 Å². The number of hydrogen-bond acceptors (Lipinski definition) is 0. The lowest BCUT2D eigenvalue weighted by Gasteiger charge is -2.00. The van der Waals surface area contributed by atoms with Crippen molar-refractivity contribution in [2.45, 2.75) is 6.55 Å². The zero-order valence-corrected chi connectivity index (χ0v) is 11.6. The minimum atomic E-state index is -0.677. The smallest absolute Gasteiger partial charge is 0.126 e. The van der Waals surface area contributed by atoms with E-state index in [0.29, 0.717) is 0 Å². The molecule has 0 nitrogen and oxygen atoms in total. The van der Waals surface area contributed by atoms with E-state index in [4.69, 9.17) is 0 Å². The van der Waals surface area contributed by atoms with Crippen molar-refractivity contribution in [3.05, 3.63) is 0 Å². The first kappa shape index (κ1) is 8.62. The second-order valence-corrected chi connectivity index (χ2v) is 36.6. The molecule has 36 valence electrons. The Labute approximate surface area is 79.5 Å². The Balaban J connectivity index is 3.17. The molecule has 0 saturated heterocycles. The Morgan fingerprint density at radius 2 is 1.67 bits per heavy atom. The number of rotatable bonds is 1. The highest BCUT2D eigenvalue weighted by atomic mass is 127. The van der Waals surface area contributed by atoms with Crippen LogP contribution in [-0.2, 0) is 0 Å². The Bertz CT molecular complexity index is 38.5. The van der Waals surface area contributed by atoms with Crippen molar-refractivity contribution in [1.82, 2.24) is 0 Å². The lowest BCUT2D eigenvalue weighted by Crippen LogP contribution is -2.15. The van der Waals surface area contributed by atoms with Gasteiger partial charge in [0.2, 0.25) is 0 Å². The van der Waals surface area contributed by atoms with Crippen LogP contribution >= 0.6 is 65.4 Å². The van der Waals surface area contributed by atoms with E-state index in [1.165, 1.54) is 0 Å². The van der Waals surface area contributed by atoms with Gasteiger partial charge in [0, 0.05) is 0 Å². The maximum absolute atomic E-state index is 2.57. The third-order valence-electron chi connectivity index (χ3n) is 0.166. The summed E-state index contributed by atoms with van der Waals surface area (Å²) in [5.74, 6) is 0. The van der Waals surface area contributed by atoms with Crippen LogP contribution in [0.3, 0.4) is 0 Å². The first-order valence-corrected chi connectivity index (χ1v) is 15.2. The molecule has 0 saturated carbocycles. The van der Waals surface area contributed by atoms with Gasteiger partial charge in [-0.3, -0.25) is 0 Å². The Kier molecular flexibility index (Phi) is 5.19. The highest BCUT2D eigenvalue weighted by Gasteiger charge is 2.16. The van der Waals surface area contributed by atoms with Crippen molar-refractivity contribution >= 4 is 74.5 Å². The van der Waals surface area contributed by atoms with Crippen molar-refractivity contribution in [1.29, 1.82) is 0 Å². The molecular weight excluding hydrogens is 449 g/mol. The second-order valence-electron chi connectivity index (χ2n) is 0.983. The predicted molar refractivity (Wildman–Crippen MR) is 59.4 cm³/mol. The van der Waals surface area contributed by atoms with Gasteiger partial charge in [-0.15, -0.1) is 65.4 Å². The summed E-state index contributed by atoms with van der Waals surface area (Å²) in [5, 5.41) is 0. The van der Waals surface area contributed by atoms with Crippen LogP contribution in [0.4, 0.5) is 0 Å². The van der Waals surface area contributed by atoms with Gasteiger partial charge in [0.05, 0.1) is 0 Å². The molecule has 0 fully saturated rings. The third-order valence-corrected chi connectivity index (χ3v) is 34.6. The number of hydrogen-bond donors (Lipinski definition) is 0. The molecule has 0 aliphatic heterocycles. The van der Waals surface area contributed by atoms with E-state index >= 15 is 0 Å². The SMILES string of the molecule is C[Si](I)(I)[Si]I. The molecule has 5 heteroatoms. The average Bonchev–Trinajstić information content (AvgIpc) is 1.35. The summed E-state index contributed by atoms with van der Waals surface area (Å²) < 4.78 is -0.677. The molecule has 6 heavy (non-hydrogen) atoms. The topological polar surface area (TPSA) is 0 Å². The lowest BCUT2D eigenvalue weighted by atomic mass is 11.9. The predicted octanol–water partition coefficient (Wildman–Crippen LogP) is 2.48. The molecule has 0 aromatic heterocycles. The van der Waals surface area contributed by atoms with E-state index in [1.807, 2.05) is 0 Å². The summed E-state index contributed by atoms with van der Waals surface area (Å²) in [6, 6.07) is 0. The molecular formula is CH3I3Si2. The summed E-state index contributed by atoms with van der Waals surface area (Å²) in [5.41, 5.74) is 0. The van der Waals surface area contributed by atoms with Crippen LogP contribution in [0.2, 0.25) is 6.55 Å². The van der Waals surface area contributed by atoms with Crippen LogP contribution in [0.5, 0.6) is 0 Å². The zero-order valence-electron chi connectivity index (χ0n) is 3.13. The standard InChI is InChI=1S/CH3I3Si2/c1-6(3,4)5-2/h1H3. The van der Waals surface area contributed by atoms with Crippen molar-refractivity contribution in [3.8, 4) is 0 Å². The van der Waals surface area contributed by atoms with E-state index in [0.717, 1.165) is 6.53 Å². The van der Waals surface area contributed by atoms with Crippen LogP contribution in [0.15, 0.2) is 0 Å². The quantitative estimate of drug-likeness (QED) is 0.326. The number of halogens is 3. The maximum atomic E-state index is 2.57. The third kappa shape index (κ3) is 6.62. The summed E-state index contributed by atoms with van der Waals surface area (Å²) in [4.78, 5) is 0. The van der Waals surface area contributed by atoms with Crippen LogP contribution in [0.25, 0.3) is 0 Å². The largest absolute Gasteiger partial charge is 0.186 e. The van der Waals surface area contributed by atoms with Gasteiger partial charge in [-0.05, 0) is 0 Å². The molecule has 0 aromatic carbocycles. The van der Waals surface area contributed by atoms with Crippen LogP contribution in [0, 0.1) is 0 Å². The average molecular weight is 452 g/mol. The first-order valence-electron chi connectivity index (χ1n) is 1.32. The Morgan fingerprint density at radius 3 is 1.67 bits per heavy atom. The fourth-order valence-electron chi connectivity index (χ4n) is 0. The summed E-state index contributed by atoms with van der Waals surface area (Å²) in [6.07, 6.45) is 0. The van der Waals surface area contributed by atoms with E-state index in [2.05, 4.69) is 71.9 Å². The summed E-state index contributed by atoms with van der Waals surface area (Å²) in [7, 11) is 0. The molecule has 0 aliphatic carbocycles. The minimum Gasteiger partial charge on any atom is -0.126 e. The van der Waals surface area contributed by atoms with E-state index in [1.54, 1.807) is 0 Å². The Morgan fingerprint density at radius 1 is 1.50 bits per heavy atom. The van der Waals surface area contributed by atoms with Gasteiger partial charge in [0.25, 0.3) is 0 Å². The van der Waals surface area contributed by atoms with Crippen molar-refractivity contribution in [2.24, 2.45) is 0 Å².